The maximum absolute atomic E-state index is 12.5. The van der Waals surface area contributed by atoms with Gasteiger partial charge in [-0.25, -0.2) is 8.42 Å². The first-order valence-electron chi connectivity index (χ1n) is 6.87. The number of sulfonamides is 1. The minimum absolute atomic E-state index is 0.0662. The van der Waals surface area contributed by atoms with Gasteiger partial charge in [0.05, 0.1) is 7.11 Å². The smallest absolute Gasteiger partial charge is 0.265 e. The number of benzene rings is 2. The van der Waals surface area contributed by atoms with Crippen LogP contribution in [0.15, 0.2) is 47.4 Å². The topological polar surface area (TPSA) is 84.5 Å². The van der Waals surface area contributed by atoms with Crippen molar-refractivity contribution in [2.24, 2.45) is 0 Å². The summed E-state index contributed by atoms with van der Waals surface area (Å²) in [6.07, 6.45) is 0. The van der Waals surface area contributed by atoms with Gasteiger partial charge in [-0.1, -0.05) is 6.07 Å². The Balaban J connectivity index is 2.26. The molecule has 2 rings (SSSR count). The fourth-order valence-corrected chi connectivity index (χ4v) is 3.24. The molecular formula is C16H18N2O4S. The Morgan fingerprint density at radius 1 is 1.04 bits per heavy atom. The predicted molar refractivity (Wildman–Crippen MR) is 89.3 cm³/mol. The number of hydrogen-bond donors (Lipinski definition) is 2. The molecular weight excluding hydrogens is 316 g/mol. The molecule has 0 fully saturated rings. The second-order valence-electron chi connectivity index (χ2n) is 5.02. The minimum Gasteiger partial charge on any atom is -0.495 e. The van der Waals surface area contributed by atoms with Gasteiger partial charge in [0, 0.05) is 18.3 Å². The van der Waals surface area contributed by atoms with E-state index in [4.69, 9.17) is 4.74 Å². The summed E-state index contributed by atoms with van der Waals surface area (Å²) < 4.78 is 32.6. The highest BCUT2D eigenvalue weighted by Gasteiger charge is 2.19. The van der Waals surface area contributed by atoms with Crippen molar-refractivity contribution in [3.63, 3.8) is 0 Å². The van der Waals surface area contributed by atoms with Crippen LogP contribution in [0, 0.1) is 6.92 Å². The predicted octanol–water partition coefficient (Wildman–Crippen LogP) is 2.76. The summed E-state index contributed by atoms with van der Waals surface area (Å²) in [5, 5.41) is 2.61. The van der Waals surface area contributed by atoms with Gasteiger partial charge in [-0.15, -0.1) is 0 Å². The van der Waals surface area contributed by atoms with Gasteiger partial charge in [0.15, 0.2) is 0 Å². The molecule has 1 amide bonds. The number of hydrogen-bond acceptors (Lipinski definition) is 4. The average Bonchev–Trinajstić information content (AvgIpc) is 2.48. The zero-order chi connectivity index (χ0) is 17.0. The van der Waals surface area contributed by atoms with Crippen molar-refractivity contribution < 1.29 is 17.9 Å². The van der Waals surface area contributed by atoms with Crippen LogP contribution in [0.25, 0.3) is 0 Å². The van der Waals surface area contributed by atoms with Gasteiger partial charge in [0.2, 0.25) is 5.91 Å². The summed E-state index contributed by atoms with van der Waals surface area (Å²) in [4.78, 5) is 11.0. The highest BCUT2D eigenvalue weighted by Crippen LogP contribution is 2.27. The fourth-order valence-electron chi connectivity index (χ4n) is 2.03. The first-order valence-corrected chi connectivity index (χ1v) is 8.35. The van der Waals surface area contributed by atoms with Crippen LogP contribution in [0.2, 0.25) is 0 Å². The number of nitrogens with one attached hydrogen (secondary N) is 2. The molecule has 2 N–H and O–H groups in total. The Hall–Kier alpha value is -2.54. The third kappa shape index (κ3) is 4.23. The molecule has 0 aliphatic heterocycles. The standard InChI is InChI=1S/C16H18N2O4S/c1-11-4-9-16(15(10-11)22-3)23(20,21)18-14-7-5-13(6-8-14)17-12(2)19/h4-10,18H,1-3H3,(H,17,19). The maximum Gasteiger partial charge on any atom is 0.265 e. The number of carbonyl (C=O) groups excluding carboxylic acids is 1. The second kappa shape index (κ2) is 6.70. The van der Waals surface area contributed by atoms with Gasteiger partial charge in [0.1, 0.15) is 10.6 Å². The SMILES string of the molecule is COc1cc(C)ccc1S(=O)(=O)Nc1ccc(NC(C)=O)cc1. The number of ether oxygens (including phenoxy) is 1. The lowest BCUT2D eigenvalue weighted by Crippen LogP contribution is -2.14. The molecule has 0 aliphatic rings. The van der Waals surface area contributed by atoms with E-state index < -0.39 is 10.0 Å². The van der Waals surface area contributed by atoms with Crippen molar-refractivity contribution in [1.82, 2.24) is 0 Å². The van der Waals surface area contributed by atoms with Crippen molar-refractivity contribution in [3.8, 4) is 5.75 Å². The molecule has 0 atom stereocenters. The molecule has 0 radical (unpaired) electrons. The van der Waals surface area contributed by atoms with E-state index in [0.29, 0.717) is 11.4 Å². The van der Waals surface area contributed by atoms with Crippen LogP contribution in [-0.4, -0.2) is 21.4 Å². The number of methoxy groups -OCH3 is 1. The monoisotopic (exact) mass is 334 g/mol. The number of carbonyl (C=O) groups is 1. The zero-order valence-electron chi connectivity index (χ0n) is 13.1. The van der Waals surface area contributed by atoms with Crippen LogP contribution in [0.4, 0.5) is 11.4 Å². The molecule has 0 aliphatic carbocycles. The summed E-state index contributed by atoms with van der Waals surface area (Å²) in [5.41, 5.74) is 1.88. The van der Waals surface area contributed by atoms with E-state index >= 15 is 0 Å². The molecule has 0 heterocycles. The zero-order valence-corrected chi connectivity index (χ0v) is 13.9. The number of aryl methyl sites for hydroxylation is 1. The first kappa shape index (κ1) is 16.8. The molecule has 23 heavy (non-hydrogen) atoms. The summed E-state index contributed by atoms with van der Waals surface area (Å²) in [6.45, 7) is 3.26. The van der Waals surface area contributed by atoms with Crippen LogP contribution in [0.5, 0.6) is 5.75 Å². The summed E-state index contributed by atoms with van der Waals surface area (Å²) >= 11 is 0. The molecule has 0 spiro atoms. The Kier molecular flexibility index (Phi) is 4.90. The second-order valence-corrected chi connectivity index (χ2v) is 6.67. The van der Waals surface area contributed by atoms with Crippen LogP contribution in [0.1, 0.15) is 12.5 Å². The van der Waals surface area contributed by atoms with Crippen LogP contribution >= 0.6 is 0 Å². The van der Waals surface area contributed by atoms with Gasteiger partial charge < -0.3 is 10.1 Å². The van der Waals surface area contributed by atoms with E-state index in [-0.39, 0.29) is 16.6 Å². The van der Waals surface area contributed by atoms with E-state index in [1.807, 2.05) is 6.92 Å². The Bertz CT molecular complexity index is 814. The molecule has 2 aromatic carbocycles. The Morgan fingerprint density at radius 3 is 2.22 bits per heavy atom. The lowest BCUT2D eigenvalue weighted by atomic mass is 10.2. The first-order chi connectivity index (χ1) is 10.8. The van der Waals surface area contributed by atoms with E-state index in [1.165, 1.54) is 20.1 Å². The quantitative estimate of drug-likeness (QED) is 0.880. The summed E-state index contributed by atoms with van der Waals surface area (Å²) in [5.74, 6) is 0.0927. The van der Waals surface area contributed by atoms with Crippen molar-refractivity contribution in [2.45, 2.75) is 18.7 Å². The van der Waals surface area contributed by atoms with Crippen LogP contribution in [-0.2, 0) is 14.8 Å². The summed E-state index contributed by atoms with van der Waals surface area (Å²) in [6, 6.07) is 11.2. The highest BCUT2D eigenvalue weighted by atomic mass is 32.2. The number of rotatable bonds is 5. The molecule has 7 heteroatoms. The minimum atomic E-state index is -3.77. The van der Waals surface area contributed by atoms with E-state index in [9.17, 15) is 13.2 Å². The van der Waals surface area contributed by atoms with Crippen LogP contribution in [0.3, 0.4) is 0 Å². The molecule has 122 valence electrons. The van der Waals surface area contributed by atoms with Crippen molar-refractivity contribution >= 4 is 27.3 Å². The van der Waals surface area contributed by atoms with Gasteiger partial charge in [-0.3, -0.25) is 9.52 Å². The number of amides is 1. The molecule has 0 unspecified atom stereocenters. The largest absolute Gasteiger partial charge is 0.495 e. The molecule has 0 saturated heterocycles. The Labute approximate surface area is 135 Å². The van der Waals surface area contributed by atoms with Gasteiger partial charge in [-0.05, 0) is 48.9 Å². The van der Waals surface area contributed by atoms with E-state index in [0.717, 1.165) is 5.56 Å². The van der Waals surface area contributed by atoms with Crippen molar-refractivity contribution in [2.75, 3.05) is 17.1 Å². The van der Waals surface area contributed by atoms with Crippen LogP contribution < -0.4 is 14.8 Å². The fraction of sp³-hybridized carbons (Fsp3) is 0.188. The molecule has 0 bridgehead atoms. The van der Waals surface area contributed by atoms with Gasteiger partial charge in [-0.2, -0.15) is 0 Å². The third-order valence-electron chi connectivity index (χ3n) is 3.07. The molecule has 0 saturated carbocycles. The third-order valence-corrected chi connectivity index (χ3v) is 4.49. The molecule has 0 aromatic heterocycles. The maximum atomic E-state index is 12.5. The van der Waals surface area contributed by atoms with Gasteiger partial charge in [0.25, 0.3) is 10.0 Å². The lowest BCUT2D eigenvalue weighted by Gasteiger charge is -2.12. The average molecular weight is 334 g/mol. The van der Waals surface area contributed by atoms with Crippen molar-refractivity contribution in [3.05, 3.63) is 48.0 Å². The summed E-state index contributed by atoms with van der Waals surface area (Å²) in [7, 11) is -2.34. The Morgan fingerprint density at radius 2 is 1.65 bits per heavy atom. The number of anilines is 2. The van der Waals surface area contributed by atoms with Crippen molar-refractivity contribution in [1.29, 1.82) is 0 Å². The molecule has 6 nitrogen and oxygen atoms in total. The normalized spacial score (nSPS) is 10.9. The highest BCUT2D eigenvalue weighted by molar-refractivity contribution is 7.92. The van der Waals surface area contributed by atoms with E-state index in [1.54, 1.807) is 36.4 Å². The lowest BCUT2D eigenvalue weighted by molar-refractivity contribution is -0.114. The van der Waals surface area contributed by atoms with E-state index in [2.05, 4.69) is 10.0 Å². The molecule has 2 aromatic rings. The van der Waals surface area contributed by atoms with Gasteiger partial charge >= 0.3 is 0 Å².